The summed E-state index contributed by atoms with van der Waals surface area (Å²) in [6, 6.07) is 57.1. The summed E-state index contributed by atoms with van der Waals surface area (Å²) in [6.45, 7) is 9.15. The van der Waals surface area contributed by atoms with Gasteiger partial charge in [-0.2, -0.15) is 0 Å². The van der Waals surface area contributed by atoms with Crippen LogP contribution in [0.2, 0.25) is 0 Å². The Balaban J connectivity index is 1.13. The summed E-state index contributed by atoms with van der Waals surface area (Å²) in [5.74, 6) is -1.45. The third-order valence-corrected chi connectivity index (χ3v) is 14.1. The second-order valence-electron chi connectivity index (χ2n) is 20.1. The lowest BCUT2D eigenvalue weighted by Gasteiger charge is -2.50. The lowest BCUT2D eigenvalue weighted by molar-refractivity contribution is -0.392. The number of esters is 2. The molecular formula is C65H72O16. The van der Waals surface area contributed by atoms with E-state index < -0.39 is 104 Å². The highest BCUT2D eigenvalue weighted by Gasteiger charge is 2.58. The fraction of sp³-hybridized carbons (Fsp3) is 0.385. The minimum Gasteiger partial charge on any atom is -0.459 e. The molecule has 6 aromatic rings. The second-order valence-corrected chi connectivity index (χ2v) is 20.1. The van der Waals surface area contributed by atoms with Gasteiger partial charge in [0.25, 0.3) is 0 Å². The highest BCUT2D eigenvalue weighted by Crippen LogP contribution is 2.39. The standard InChI is InChI=1S/C65H72O16/c1-5-36-69-64-60(74-41-50-32-20-10-21-33-50)57(73-40-49-30-18-9-19-31-49)58(59(80-64)62(68)75-42-51-34-22-11-23-35-51)79-65-61(81-63-52(67)55(78-45(4)66)53(43(2)76-63)70-37-46-24-12-6-13-25-46)56(72-39-48-28-16-8-17-29-48)54(44(3)77-65)71-38-47-26-14-7-15-27-47/h5-35,43-44,52-61,63-65,67H,1,36-42H2,2-4H3/t43-,44-,52+,53-,54-,55-,56+,57-,58+,59-,60+,61+,63-,64+,65-/m0/s1. The van der Waals surface area contributed by atoms with E-state index >= 15 is 0 Å². The minimum absolute atomic E-state index is 0.0250. The molecule has 1 N–H and O–H groups in total. The van der Waals surface area contributed by atoms with E-state index in [0.717, 1.165) is 33.4 Å². The molecule has 0 spiro atoms. The van der Waals surface area contributed by atoms with Gasteiger partial charge < -0.3 is 66.7 Å². The number of ether oxygens (including phenoxy) is 13. The van der Waals surface area contributed by atoms with Crippen LogP contribution in [0.1, 0.15) is 54.2 Å². The topological polar surface area (TPSA) is 174 Å². The molecule has 3 fully saturated rings. The molecule has 9 rings (SSSR count). The number of rotatable bonds is 26. The van der Waals surface area contributed by atoms with Crippen LogP contribution >= 0.6 is 0 Å². The molecule has 81 heavy (non-hydrogen) atoms. The molecule has 0 unspecified atom stereocenters. The Morgan fingerprint density at radius 1 is 0.432 bits per heavy atom. The van der Waals surface area contributed by atoms with E-state index in [9.17, 15) is 14.7 Å². The van der Waals surface area contributed by atoms with E-state index in [4.69, 9.17) is 61.6 Å². The van der Waals surface area contributed by atoms with Crippen molar-refractivity contribution in [2.24, 2.45) is 0 Å². The minimum atomic E-state index is -1.64. The Morgan fingerprint density at radius 2 is 0.790 bits per heavy atom. The predicted octanol–water partition coefficient (Wildman–Crippen LogP) is 9.14. The summed E-state index contributed by atoms with van der Waals surface area (Å²) in [4.78, 5) is 27.8. The Morgan fingerprint density at radius 3 is 1.21 bits per heavy atom. The van der Waals surface area contributed by atoms with Gasteiger partial charge in [0, 0.05) is 6.92 Å². The highest BCUT2D eigenvalue weighted by atomic mass is 16.8. The van der Waals surface area contributed by atoms with Gasteiger partial charge in [0.2, 0.25) is 0 Å². The Hall–Kier alpha value is -6.48. The number of hydrogen-bond acceptors (Lipinski definition) is 16. The molecule has 3 heterocycles. The van der Waals surface area contributed by atoms with Crippen molar-refractivity contribution >= 4 is 11.9 Å². The van der Waals surface area contributed by atoms with Crippen LogP contribution in [0, 0.1) is 0 Å². The first-order chi connectivity index (χ1) is 39.6. The molecule has 3 saturated heterocycles. The number of hydrogen-bond donors (Lipinski definition) is 1. The van der Waals surface area contributed by atoms with Crippen LogP contribution in [0.25, 0.3) is 0 Å². The van der Waals surface area contributed by atoms with Crippen LogP contribution in [0.3, 0.4) is 0 Å². The Bertz CT molecular complexity index is 2800. The van der Waals surface area contributed by atoms with Gasteiger partial charge in [0.15, 0.2) is 31.1 Å². The van der Waals surface area contributed by atoms with Crippen LogP contribution in [0.5, 0.6) is 0 Å². The molecular weight excluding hydrogens is 1040 g/mol. The predicted molar refractivity (Wildman–Crippen MR) is 296 cm³/mol. The molecule has 16 nitrogen and oxygen atoms in total. The van der Waals surface area contributed by atoms with Gasteiger partial charge >= 0.3 is 11.9 Å². The SMILES string of the molecule is C=CCO[C@@H]1O[C@H](C(=O)OCc2ccccc2)[C@H](O[C@@H]2O[C@@H](C)[C@H](OCc3ccccc3)[C@@H](OCc3ccccc3)[C@H]2O[C@@H]2O[C@@H](C)[C@H](OCc3ccccc3)[C@@H](OC(C)=O)[C@H]2O)[C@H](OCc2ccccc2)[C@H]1OCc1ccccc1. The molecule has 3 aliphatic rings. The molecule has 3 aliphatic heterocycles. The van der Waals surface area contributed by atoms with Crippen molar-refractivity contribution in [3.05, 3.63) is 228 Å². The van der Waals surface area contributed by atoms with E-state index in [1.807, 2.05) is 189 Å². The summed E-state index contributed by atoms with van der Waals surface area (Å²) in [6.07, 6.45) is -16.5. The third kappa shape index (κ3) is 16.4. The van der Waals surface area contributed by atoms with E-state index in [-0.39, 0.29) is 46.2 Å². The van der Waals surface area contributed by atoms with E-state index in [0.29, 0.717) is 0 Å². The maximum atomic E-state index is 15.0. The number of carbonyl (C=O) groups is 2. The van der Waals surface area contributed by atoms with Crippen molar-refractivity contribution in [1.82, 2.24) is 0 Å². The molecule has 0 radical (unpaired) electrons. The summed E-state index contributed by atoms with van der Waals surface area (Å²) >= 11 is 0. The third-order valence-electron chi connectivity index (χ3n) is 14.1. The lowest BCUT2D eigenvalue weighted by atomic mass is 9.95. The van der Waals surface area contributed by atoms with Gasteiger partial charge in [-0.3, -0.25) is 4.79 Å². The average molecular weight is 1110 g/mol. The average Bonchev–Trinajstić information content (AvgIpc) is 3.70. The first-order valence-corrected chi connectivity index (χ1v) is 27.4. The summed E-state index contributed by atoms with van der Waals surface area (Å²) in [5, 5.41) is 12.4. The van der Waals surface area contributed by atoms with Gasteiger partial charge in [-0.1, -0.05) is 188 Å². The van der Waals surface area contributed by atoms with E-state index in [1.54, 1.807) is 13.0 Å². The van der Waals surface area contributed by atoms with Crippen LogP contribution in [-0.4, -0.2) is 116 Å². The van der Waals surface area contributed by atoms with Crippen LogP contribution in [0.15, 0.2) is 195 Å². The summed E-state index contributed by atoms with van der Waals surface area (Å²) in [7, 11) is 0. The van der Waals surface area contributed by atoms with Gasteiger partial charge in [-0.05, 0) is 47.2 Å². The smallest absolute Gasteiger partial charge is 0.338 e. The van der Waals surface area contributed by atoms with Crippen LogP contribution in [0.4, 0.5) is 0 Å². The molecule has 15 atom stereocenters. The quantitative estimate of drug-likeness (QED) is 0.0402. The Labute approximate surface area is 473 Å². The number of benzene rings is 6. The molecule has 428 valence electrons. The fourth-order valence-electron chi connectivity index (χ4n) is 10.1. The number of carbonyl (C=O) groups excluding carboxylic acids is 2. The maximum Gasteiger partial charge on any atom is 0.338 e. The maximum absolute atomic E-state index is 15.0. The van der Waals surface area contributed by atoms with Gasteiger partial charge in [0.05, 0.1) is 51.8 Å². The largest absolute Gasteiger partial charge is 0.459 e. The molecule has 0 aliphatic carbocycles. The monoisotopic (exact) mass is 1110 g/mol. The normalized spacial score (nSPS) is 28.4. The summed E-state index contributed by atoms with van der Waals surface area (Å²) < 4.78 is 86.8. The van der Waals surface area contributed by atoms with Crippen molar-refractivity contribution in [3.8, 4) is 0 Å². The van der Waals surface area contributed by atoms with Crippen LogP contribution < -0.4 is 0 Å². The zero-order valence-electron chi connectivity index (χ0n) is 45.8. The fourth-order valence-corrected chi connectivity index (χ4v) is 10.1. The first-order valence-electron chi connectivity index (χ1n) is 27.4. The number of aliphatic hydroxyl groups excluding tert-OH is 1. The van der Waals surface area contributed by atoms with Crippen molar-refractivity contribution in [2.75, 3.05) is 6.61 Å². The van der Waals surface area contributed by atoms with Crippen LogP contribution in [-0.2, 0) is 111 Å². The Kier molecular flexibility index (Phi) is 21.9. The summed E-state index contributed by atoms with van der Waals surface area (Å²) in [5.41, 5.74) is 4.99. The van der Waals surface area contributed by atoms with Gasteiger partial charge in [-0.25, -0.2) is 4.79 Å². The highest BCUT2D eigenvalue weighted by molar-refractivity contribution is 5.76. The van der Waals surface area contributed by atoms with E-state index in [1.165, 1.54) is 6.92 Å². The van der Waals surface area contributed by atoms with Crippen molar-refractivity contribution in [2.45, 2.75) is 153 Å². The number of aliphatic hydroxyl groups is 1. The zero-order valence-corrected chi connectivity index (χ0v) is 45.8. The molecule has 0 bridgehead atoms. The molecule has 16 heteroatoms. The van der Waals surface area contributed by atoms with Crippen molar-refractivity contribution < 1.29 is 76.3 Å². The molecule has 0 aromatic heterocycles. The molecule has 0 amide bonds. The van der Waals surface area contributed by atoms with Crippen molar-refractivity contribution in [1.29, 1.82) is 0 Å². The van der Waals surface area contributed by atoms with Gasteiger partial charge in [0.1, 0.15) is 55.4 Å². The molecule has 0 saturated carbocycles. The second kappa shape index (κ2) is 30.0. The van der Waals surface area contributed by atoms with Crippen molar-refractivity contribution in [3.63, 3.8) is 0 Å². The van der Waals surface area contributed by atoms with Gasteiger partial charge in [-0.15, -0.1) is 6.58 Å². The zero-order chi connectivity index (χ0) is 56.3. The first kappa shape index (κ1) is 59.2. The molecule has 6 aromatic carbocycles. The van der Waals surface area contributed by atoms with E-state index in [2.05, 4.69) is 6.58 Å². The lowest BCUT2D eigenvalue weighted by Crippen LogP contribution is -2.68.